The molecule has 0 radical (unpaired) electrons. The lowest BCUT2D eigenvalue weighted by atomic mass is 9.93. The molecular formula is C21H22ClN2O+. The van der Waals surface area contributed by atoms with Gasteiger partial charge in [0.05, 0.1) is 23.7 Å². The second-order valence-electron chi connectivity index (χ2n) is 6.75. The van der Waals surface area contributed by atoms with Gasteiger partial charge in [0.25, 0.3) is 0 Å². The van der Waals surface area contributed by atoms with Crippen molar-refractivity contribution in [1.29, 1.82) is 0 Å². The number of phenols is 1. The number of aromatic nitrogens is 1. The number of hydrogen-bond donors (Lipinski definition) is 2. The molecule has 0 spiro atoms. The van der Waals surface area contributed by atoms with E-state index in [1.165, 1.54) is 24.2 Å². The Balaban J connectivity index is 1.89. The van der Waals surface area contributed by atoms with E-state index in [0.29, 0.717) is 5.52 Å². The zero-order valence-electron chi connectivity index (χ0n) is 14.1. The van der Waals surface area contributed by atoms with Crippen molar-refractivity contribution >= 4 is 22.5 Å². The normalized spacial score (nSPS) is 16.8. The number of nitrogens with zero attached hydrogens (tertiary/aromatic N) is 1. The van der Waals surface area contributed by atoms with Crippen molar-refractivity contribution in [2.75, 3.05) is 13.1 Å². The topological polar surface area (TPSA) is 37.6 Å². The summed E-state index contributed by atoms with van der Waals surface area (Å²) in [6, 6.07) is 16.0. The molecule has 1 aliphatic rings. The number of hydrogen-bond acceptors (Lipinski definition) is 2. The highest BCUT2D eigenvalue weighted by molar-refractivity contribution is 6.31. The Morgan fingerprint density at radius 3 is 2.52 bits per heavy atom. The number of pyridine rings is 1. The van der Waals surface area contributed by atoms with E-state index < -0.39 is 0 Å². The average Bonchev–Trinajstić information content (AvgIpc) is 2.66. The average molecular weight is 354 g/mol. The van der Waals surface area contributed by atoms with E-state index in [4.69, 9.17) is 11.6 Å². The van der Waals surface area contributed by atoms with Crippen LogP contribution in [0.3, 0.4) is 0 Å². The molecule has 0 unspecified atom stereocenters. The minimum absolute atomic E-state index is 0.0282. The predicted octanol–water partition coefficient (Wildman–Crippen LogP) is 3.75. The fourth-order valence-corrected chi connectivity index (χ4v) is 4.23. The van der Waals surface area contributed by atoms with Gasteiger partial charge in [-0.25, -0.2) is 0 Å². The molecule has 0 amide bonds. The summed E-state index contributed by atoms with van der Waals surface area (Å²) < 4.78 is 0. The molecule has 1 saturated heterocycles. The van der Waals surface area contributed by atoms with Crippen molar-refractivity contribution in [1.82, 2.24) is 4.98 Å². The Morgan fingerprint density at radius 1 is 0.920 bits per heavy atom. The third-order valence-electron chi connectivity index (χ3n) is 5.21. The number of rotatable bonds is 3. The highest BCUT2D eigenvalue weighted by Gasteiger charge is 2.32. The van der Waals surface area contributed by atoms with Gasteiger partial charge in [-0.3, -0.25) is 4.98 Å². The summed E-state index contributed by atoms with van der Waals surface area (Å²) in [5, 5.41) is 12.7. The van der Waals surface area contributed by atoms with Gasteiger partial charge in [0.1, 0.15) is 11.6 Å². The first-order valence-corrected chi connectivity index (χ1v) is 9.29. The van der Waals surface area contributed by atoms with E-state index in [9.17, 15) is 5.11 Å². The van der Waals surface area contributed by atoms with Crippen LogP contribution in [0.15, 0.2) is 54.7 Å². The van der Waals surface area contributed by atoms with Gasteiger partial charge in [-0.1, -0.05) is 41.9 Å². The molecule has 2 N–H and O–H groups in total. The SMILES string of the molecule is Oc1c([C@H](c2ccccc2Cl)[NH+]2CCCCC2)ccc2cccnc12. The molecule has 3 aromatic rings. The summed E-state index contributed by atoms with van der Waals surface area (Å²) in [6.07, 6.45) is 5.43. The molecule has 1 aromatic heterocycles. The maximum Gasteiger partial charge on any atom is 0.151 e. The van der Waals surface area contributed by atoms with Crippen LogP contribution in [0, 0.1) is 0 Å². The van der Waals surface area contributed by atoms with Crippen molar-refractivity contribution < 1.29 is 10.0 Å². The lowest BCUT2D eigenvalue weighted by molar-refractivity contribution is -0.930. The second kappa shape index (κ2) is 7.03. The quantitative estimate of drug-likeness (QED) is 0.752. The summed E-state index contributed by atoms with van der Waals surface area (Å²) in [6.45, 7) is 2.19. The van der Waals surface area contributed by atoms with Gasteiger partial charge in [-0.2, -0.15) is 0 Å². The van der Waals surface area contributed by atoms with Gasteiger partial charge < -0.3 is 10.0 Å². The van der Waals surface area contributed by atoms with Gasteiger partial charge in [-0.05, 0) is 37.5 Å². The highest BCUT2D eigenvalue weighted by Crippen LogP contribution is 2.35. The van der Waals surface area contributed by atoms with Gasteiger partial charge in [0.2, 0.25) is 0 Å². The highest BCUT2D eigenvalue weighted by atomic mass is 35.5. The summed E-state index contributed by atoms with van der Waals surface area (Å²) >= 11 is 6.55. The molecule has 4 heteroatoms. The van der Waals surface area contributed by atoms with Gasteiger partial charge in [0, 0.05) is 17.1 Å². The Labute approximate surface area is 152 Å². The van der Waals surface area contributed by atoms with E-state index >= 15 is 0 Å². The van der Waals surface area contributed by atoms with Crippen LogP contribution in [0.25, 0.3) is 10.9 Å². The number of aromatic hydroxyl groups is 1. The fourth-order valence-electron chi connectivity index (χ4n) is 3.99. The first kappa shape index (κ1) is 16.4. The Hall–Kier alpha value is -2.10. The Bertz CT molecular complexity index is 890. The lowest BCUT2D eigenvalue weighted by Gasteiger charge is -2.33. The summed E-state index contributed by atoms with van der Waals surface area (Å²) in [4.78, 5) is 5.86. The van der Waals surface area contributed by atoms with E-state index in [1.807, 2.05) is 42.5 Å². The first-order chi connectivity index (χ1) is 12.3. The third-order valence-corrected chi connectivity index (χ3v) is 5.55. The zero-order chi connectivity index (χ0) is 17.2. The molecule has 1 fully saturated rings. The number of piperidine rings is 1. The van der Waals surface area contributed by atoms with Crippen molar-refractivity contribution in [3.8, 4) is 5.75 Å². The van der Waals surface area contributed by atoms with E-state index in [1.54, 1.807) is 6.20 Å². The van der Waals surface area contributed by atoms with Gasteiger partial charge >= 0.3 is 0 Å². The van der Waals surface area contributed by atoms with Crippen LogP contribution in [0.4, 0.5) is 0 Å². The largest absolute Gasteiger partial charge is 0.505 e. The number of benzene rings is 2. The van der Waals surface area contributed by atoms with Crippen LogP contribution >= 0.6 is 11.6 Å². The predicted molar refractivity (Wildman–Crippen MR) is 101 cm³/mol. The van der Waals surface area contributed by atoms with Gasteiger partial charge in [0.15, 0.2) is 5.75 Å². The molecule has 2 heterocycles. The minimum atomic E-state index is 0.0282. The molecule has 3 nitrogen and oxygen atoms in total. The minimum Gasteiger partial charge on any atom is -0.505 e. The number of phenolic OH excluding ortho intramolecular Hbond substituents is 1. The monoisotopic (exact) mass is 353 g/mol. The first-order valence-electron chi connectivity index (χ1n) is 8.91. The van der Waals surface area contributed by atoms with Gasteiger partial charge in [-0.15, -0.1) is 0 Å². The molecule has 0 aliphatic carbocycles. The van der Waals surface area contributed by atoms with Crippen LogP contribution < -0.4 is 4.90 Å². The van der Waals surface area contributed by atoms with Crippen LogP contribution in [0.5, 0.6) is 5.75 Å². The number of fused-ring (bicyclic) bond motifs is 1. The molecule has 0 bridgehead atoms. The zero-order valence-corrected chi connectivity index (χ0v) is 14.8. The molecule has 0 saturated carbocycles. The smallest absolute Gasteiger partial charge is 0.151 e. The summed E-state index contributed by atoms with van der Waals surface area (Å²) in [5.41, 5.74) is 2.65. The van der Waals surface area contributed by atoms with Crippen LogP contribution in [0.1, 0.15) is 36.4 Å². The molecule has 2 aromatic carbocycles. The Morgan fingerprint density at radius 2 is 1.72 bits per heavy atom. The summed E-state index contributed by atoms with van der Waals surface area (Å²) in [7, 11) is 0. The molecular weight excluding hydrogens is 332 g/mol. The number of halogens is 1. The molecule has 128 valence electrons. The van der Waals surface area contributed by atoms with E-state index in [0.717, 1.165) is 34.6 Å². The molecule has 25 heavy (non-hydrogen) atoms. The van der Waals surface area contributed by atoms with Crippen molar-refractivity contribution in [2.45, 2.75) is 25.3 Å². The van der Waals surface area contributed by atoms with E-state index in [-0.39, 0.29) is 11.8 Å². The second-order valence-corrected chi connectivity index (χ2v) is 7.16. The van der Waals surface area contributed by atoms with Crippen molar-refractivity contribution in [2.24, 2.45) is 0 Å². The maximum absolute atomic E-state index is 11.0. The van der Waals surface area contributed by atoms with Crippen molar-refractivity contribution in [3.63, 3.8) is 0 Å². The third kappa shape index (κ3) is 3.10. The number of likely N-dealkylation sites (tertiary alicyclic amines) is 1. The molecule has 1 aliphatic heterocycles. The Kier molecular flexibility index (Phi) is 4.60. The van der Waals surface area contributed by atoms with Crippen LogP contribution in [-0.2, 0) is 0 Å². The summed E-state index contributed by atoms with van der Waals surface area (Å²) in [5.74, 6) is 0.279. The van der Waals surface area contributed by atoms with Crippen LogP contribution in [0.2, 0.25) is 5.02 Å². The van der Waals surface area contributed by atoms with Crippen LogP contribution in [-0.4, -0.2) is 23.2 Å². The number of nitrogens with one attached hydrogen (secondary N) is 1. The number of quaternary nitrogens is 1. The van der Waals surface area contributed by atoms with Crippen molar-refractivity contribution in [3.05, 3.63) is 70.9 Å². The molecule has 1 atom stereocenters. The molecule has 4 rings (SSSR count). The standard InChI is InChI=1S/C21H21ClN2O/c22-18-9-3-2-8-16(18)20(24-13-4-1-5-14-24)17-11-10-15-7-6-12-23-19(15)21(17)25/h2-3,6-12,20,25H,1,4-5,13-14H2/p+1/t20-/m0/s1. The maximum atomic E-state index is 11.0. The van der Waals surface area contributed by atoms with E-state index in [2.05, 4.69) is 11.1 Å². The fraction of sp³-hybridized carbons (Fsp3) is 0.286. The lowest BCUT2D eigenvalue weighted by Crippen LogP contribution is -3.13.